The van der Waals surface area contributed by atoms with E-state index in [0.29, 0.717) is 11.6 Å². The Labute approximate surface area is 94.8 Å². The molecule has 0 spiro atoms. The lowest BCUT2D eigenvalue weighted by atomic mass is 9.94. The van der Waals surface area contributed by atoms with Gasteiger partial charge in [0.2, 0.25) is 0 Å². The Balaban J connectivity index is 2.10. The Morgan fingerprint density at radius 1 is 1.53 bits per heavy atom. The molecule has 0 aromatic heterocycles. The Morgan fingerprint density at radius 3 is 2.93 bits per heavy atom. The number of halogens is 1. The molecule has 0 aliphatic carbocycles. The molecule has 0 radical (unpaired) electrons. The summed E-state index contributed by atoms with van der Waals surface area (Å²) in [7, 11) is 0. The van der Waals surface area contributed by atoms with Crippen LogP contribution in [0, 0.1) is 5.92 Å². The van der Waals surface area contributed by atoms with E-state index in [-0.39, 0.29) is 12.0 Å². The first-order chi connectivity index (χ1) is 7.16. The lowest BCUT2D eigenvalue weighted by Crippen LogP contribution is -2.12. The van der Waals surface area contributed by atoms with Crippen LogP contribution >= 0.6 is 11.6 Å². The van der Waals surface area contributed by atoms with E-state index >= 15 is 0 Å². The molecule has 1 heterocycles. The molecule has 82 valence electrons. The maximum Gasteiger partial charge on any atom is 0.0841 e. The van der Waals surface area contributed by atoms with Gasteiger partial charge in [-0.05, 0) is 31.0 Å². The van der Waals surface area contributed by atoms with Gasteiger partial charge in [-0.1, -0.05) is 23.7 Å². The number of ether oxygens (including phenoxy) is 1. The van der Waals surface area contributed by atoms with Crippen LogP contribution in [0.2, 0.25) is 5.02 Å². The van der Waals surface area contributed by atoms with Crippen LogP contribution in [-0.4, -0.2) is 17.8 Å². The monoisotopic (exact) mass is 226 g/mol. The maximum absolute atomic E-state index is 10.1. The number of hydrogen-bond donors (Lipinski definition) is 1. The van der Waals surface area contributed by atoms with E-state index in [1.54, 1.807) is 0 Å². The second kappa shape index (κ2) is 4.52. The van der Waals surface area contributed by atoms with Crippen molar-refractivity contribution in [2.75, 3.05) is 6.61 Å². The van der Waals surface area contributed by atoms with E-state index in [9.17, 15) is 5.11 Å². The average Bonchev–Trinajstić information content (AvgIpc) is 2.64. The largest absolute Gasteiger partial charge is 0.388 e. The number of aliphatic hydroxyl groups excluding tert-OH is 1. The van der Waals surface area contributed by atoms with Crippen LogP contribution in [0.1, 0.15) is 25.0 Å². The molecule has 1 N–H and O–H groups in total. The third-order valence-corrected chi connectivity index (χ3v) is 3.10. The van der Waals surface area contributed by atoms with Crippen molar-refractivity contribution >= 4 is 11.6 Å². The SMILES string of the molecule is CC1CC(C(O)c2cccc(Cl)c2)CO1. The van der Waals surface area contributed by atoms with Gasteiger partial charge in [0, 0.05) is 10.9 Å². The van der Waals surface area contributed by atoms with Crippen molar-refractivity contribution < 1.29 is 9.84 Å². The quantitative estimate of drug-likeness (QED) is 0.841. The normalized spacial score (nSPS) is 27.9. The first-order valence-corrected chi connectivity index (χ1v) is 5.59. The fourth-order valence-corrected chi connectivity index (χ4v) is 2.23. The molecule has 2 rings (SSSR count). The Morgan fingerprint density at radius 2 is 2.33 bits per heavy atom. The Bertz CT molecular complexity index is 340. The summed E-state index contributed by atoms with van der Waals surface area (Å²) in [6.45, 7) is 2.67. The maximum atomic E-state index is 10.1. The summed E-state index contributed by atoms with van der Waals surface area (Å²) in [5, 5.41) is 10.8. The van der Waals surface area contributed by atoms with Crippen LogP contribution in [0.25, 0.3) is 0 Å². The van der Waals surface area contributed by atoms with Crippen molar-refractivity contribution in [2.45, 2.75) is 25.6 Å². The van der Waals surface area contributed by atoms with E-state index in [1.807, 2.05) is 31.2 Å². The molecule has 15 heavy (non-hydrogen) atoms. The summed E-state index contributed by atoms with van der Waals surface area (Å²) in [4.78, 5) is 0. The summed E-state index contributed by atoms with van der Waals surface area (Å²) >= 11 is 5.88. The van der Waals surface area contributed by atoms with Gasteiger partial charge in [-0.15, -0.1) is 0 Å². The molecule has 1 fully saturated rings. The van der Waals surface area contributed by atoms with Crippen molar-refractivity contribution in [1.82, 2.24) is 0 Å². The average molecular weight is 227 g/mol. The van der Waals surface area contributed by atoms with Crippen molar-refractivity contribution in [3.63, 3.8) is 0 Å². The molecule has 3 unspecified atom stereocenters. The fraction of sp³-hybridized carbons (Fsp3) is 0.500. The van der Waals surface area contributed by atoms with E-state index < -0.39 is 6.10 Å². The lowest BCUT2D eigenvalue weighted by molar-refractivity contribution is 0.0804. The molecule has 1 saturated heterocycles. The highest BCUT2D eigenvalue weighted by Crippen LogP contribution is 2.32. The van der Waals surface area contributed by atoms with Gasteiger partial charge in [0.1, 0.15) is 0 Å². The van der Waals surface area contributed by atoms with Gasteiger partial charge >= 0.3 is 0 Å². The minimum atomic E-state index is -0.464. The fourth-order valence-electron chi connectivity index (χ4n) is 2.03. The predicted octanol–water partition coefficient (Wildman–Crippen LogP) is 2.80. The van der Waals surface area contributed by atoms with E-state index in [1.165, 1.54) is 0 Å². The highest BCUT2D eigenvalue weighted by Gasteiger charge is 2.29. The third kappa shape index (κ3) is 2.51. The first kappa shape index (κ1) is 10.9. The van der Waals surface area contributed by atoms with Crippen LogP contribution in [0.4, 0.5) is 0 Å². The highest BCUT2D eigenvalue weighted by atomic mass is 35.5. The number of benzene rings is 1. The zero-order valence-electron chi connectivity index (χ0n) is 8.69. The molecule has 1 aliphatic rings. The second-order valence-corrected chi connectivity index (χ2v) is 4.58. The van der Waals surface area contributed by atoms with Gasteiger partial charge < -0.3 is 9.84 Å². The molecule has 2 nitrogen and oxygen atoms in total. The third-order valence-electron chi connectivity index (χ3n) is 2.87. The minimum absolute atomic E-state index is 0.193. The summed E-state index contributed by atoms with van der Waals surface area (Å²) in [6.07, 6.45) is 0.700. The molecular weight excluding hydrogens is 212 g/mol. The van der Waals surface area contributed by atoms with Gasteiger partial charge in [0.25, 0.3) is 0 Å². The van der Waals surface area contributed by atoms with Gasteiger partial charge in [0.05, 0.1) is 18.8 Å². The van der Waals surface area contributed by atoms with Crippen molar-refractivity contribution in [3.8, 4) is 0 Å². The molecule has 0 saturated carbocycles. The van der Waals surface area contributed by atoms with Crippen molar-refractivity contribution in [2.24, 2.45) is 5.92 Å². The number of rotatable bonds is 2. The topological polar surface area (TPSA) is 29.5 Å². The van der Waals surface area contributed by atoms with Crippen LogP contribution in [0.5, 0.6) is 0 Å². The summed E-state index contributed by atoms with van der Waals surface area (Å²) in [5.41, 5.74) is 0.880. The Hall–Kier alpha value is -0.570. The predicted molar refractivity (Wildman–Crippen MR) is 59.9 cm³/mol. The molecule has 3 atom stereocenters. The van der Waals surface area contributed by atoms with E-state index in [0.717, 1.165) is 12.0 Å². The first-order valence-electron chi connectivity index (χ1n) is 5.22. The van der Waals surface area contributed by atoms with Crippen molar-refractivity contribution in [1.29, 1.82) is 0 Å². The molecular formula is C12H15ClO2. The van der Waals surface area contributed by atoms with Crippen LogP contribution in [0.3, 0.4) is 0 Å². The van der Waals surface area contributed by atoms with E-state index in [2.05, 4.69) is 0 Å². The van der Waals surface area contributed by atoms with Gasteiger partial charge in [0.15, 0.2) is 0 Å². The smallest absolute Gasteiger partial charge is 0.0841 e. The summed E-state index contributed by atoms with van der Waals surface area (Å²) in [5.74, 6) is 0.193. The van der Waals surface area contributed by atoms with Gasteiger partial charge in [-0.3, -0.25) is 0 Å². The number of hydrogen-bond acceptors (Lipinski definition) is 2. The molecule has 0 bridgehead atoms. The molecule has 1 aromatic carbocycles. The molecule has 3 heteroatoms. The van der Waals surface area contributed by atoms with Gasteiger partial charge in [-0.25, -0.2) is 0 Å². The summed E-state index contributed by atoms with van der Waals surface area (Å²) in [6, 6.07) is 7.39. The molecule has 1 aliphatic heterocycles. The summed E-state index contributed by atoms with van der Waals surface area (Å²) < 4.78 is 5.45. The van der Waals surface area contributed by atoms with Crippen LogP contribution < -0.4 is 0 Å². The molecule has 1 aromatic rings. The standard InChI is InChI=1S/C12H15ClO2/c1-8-5-10(7-15-8)12(14)9-3-2-4-11(13)6-9/h2-4,6,8,10,12,14H,5,7H2,1H3. The Kier molecular flexibility index (Phi) is 3.29. The second-order valence-electron chi connectivity index (χ2n) is 4.14. The zero-order valence-corrected chi connectivity index (χ0v) is 9.45. The van der Waals surface area contributed by atoms with E-state index in [4.69, 9.17) is 16.3 Å². The van der Waals surface area contributed by atoms with Crippen LogP contribution in [-0.2, 0) is 4.74 Å². The lowest BCUT2D eigenvalue weighted by Gasteiger charge is -2.16. The van der Waals surface area contributed by atoms with Crippen molar-refractivity contribution in [3.05, 3.63) is 34.9 Å². The highest BCUT2D eigenvalue weighted by molar-refractivity contribution is 6.30. The van der Waals surface area contributed by atoms with Crippen LogP contribution in [0.15, 0.2) is 24.3 Å². The molecule has 0 amide bonds. The van der Waals surface area contributed by atoms with Gasteiger partial charge in [-0.2, -0.15) is 0 Å². The zero-order chi connectivity index (χ0) is 10.8. The minimum Gasteiger partial charge on any atom is -0.388 e. The number of aliphatic hydroxyl groups is 1.